The molecule has 2 aromatic carbocycles. The number of hydrogen-bond acceptors (Lipinski definition) is 2. The van der Waals surface area contributed by atoms with E-state index in [-0.39, 0.29) is 4.90 Å². The predicted molar refractivity (Wildman–Crippen MR) is 64.8 cm³/mol. The zero-order valence-electron chi connectivity index (χ0n) is 8.99. The molecule has 1 nitrogen and oxygen atoms in total. The van der Waals surface area contributed by atoms with Crippen LogP contribution in [0.15, 0.2) is 52.3 Å². The standard InChI is InChI=1S/C13H11F2NS/c14-10-3-6-12(15)13(7-10)17-11-4-1-9(8-16)2-5-11/h1-7H,8,16H2. The SMILES string of the molecule is NCc1ccc(Sc2cc(F)ccc2F)cc1. The number of benzene rings is 2. The Kier molecular flexibility index (Phi) is 3.76. The maximum absolute atomic E-state index is 13.4. The summed E-state index contributed by atoms with van der Waals surface area (Å²) < 4.78 is 26.4. The van der Waals surface area contributed by atoms with Crippen molar-refractivity contribution in [3.63, 3.8) is 0 Å². The van der Waals surface area contributed by atoms with Crippen LogP contribution in [0.4, 0.5) is 8.78 Å². The summed E-state index contributed by atoms with van der Waals surface area (Å²) in [4.78, 5) is 1.14. The van der Waals surface area contributed by atoms with Gasteiger partial charge < -0.3 is 5.73 Å². The monoisotopic (exact) mass is 251 g/mol. The average Bonchev–Trinajstić information content (AvgIpc) is 2.35. The third-order valence-electron chi connectivity index (χ3n) is 2.28. The molecule has 0 atom stereocenters. The molecule has 2 N–H and O–H groups in total. The molecule has 0 radical (unpaired) electrons. The van der Waals surface area contributed by atoms with Crippen LogP contribution in [0, 0.1) is 11.6 Å². The molecule has 0 saturated heterocycles. The summed E-state index contributed by atoms with van der Waals surface area (Å²) in [5, 5.41) is 0. The van der Waals surface area contributed by atoms with E-state index >= 15 is 0 Å². The Balaban J connectivity index is 2.22. The summed E-state index contributed by atoms with van der Waals surface area (Å²) in [6.45, 7) is 0.472. The first kappa shape index (κ1) is 12.1. The molecule has 0 unspecified atom stereocenters. The van der Waals surface area contributed by atoms with Crippen molar-refractivity contribution in [2.45, 2.75) is 16.3 Å². The second-order valence-electron chi connectivity index (χ2n) is 3.52. The van der Waals surface area contributed by atoms with Crippen LogP contribution in [-0.4, -0.2) is 0 Å². The van der Waals surface area contributed by atoms with Gasteiger partial charge in [-0.3, -0.25) is 0 Å². The van der Waals surface area contributed by atoms with E-state index < -0.39 is 11.6 Å². The quantitative estimate of drug-likeness (QED) is 0.902. The lowest BCUT2D eigenvalue weighted by Crippen LogP contribution is -1.94. The van der Waals surface area contributed by atoms with Crippen molar-refractivity contribution in [3.05, 3.63) is 59.7 Å². The molecule has 0 aliphatic rings. The third kappa shape index (κ3) is 3.05. The first-order valence-electron chi connectivity index (χ1n) is 5.11. The van der Waals surface area contributed by atoms with Gasteiger partial charge in [0.1, 0.15) is 11.6 Å². The molecule has 0 aliphatic heterocycles. The molecular formula is C13H11F2NS. The normalized spacial score (nSPS) is 10.5. The molecule has 0 amide bonds. The summed E-state index contributed by atoms with van der Waals surface area (Å²) in [7, 11) is 0. The van der Waals surface area contributed by atoms with Crippen LogP contribution in [0.25, 0.3) is 0 Å². The highest BCUT2D eigenvalue weighted by Gasteiger charge is 2.05. The number of rotatable bonds is 3. The fourth-order valence-corrected chi connectivity index (χ4v) is 2.24. The minimum Gasteiger partial charge on any atom is -0.326 e. The van der Waals surface area contributed by atoms with Crippen molar-refractivity contribution in [3.8, 4) is 0 Å². The van der Waals surface area contributed by atoms with E-state index in [0.717, 1.165) is 22.6 Å². The fourth-order valence-electron chi connectivity index (χ4n) is 1.38. The van der Waals surface area contributed by atoms with Crippen LogP contribution < -0.4 is 5.73 Å². The highest BCUT2D eigenvalue weighted by molar-refractivity contribution is 7.99. The van der Waals surface area contributed by atoms with E-state index in [9.17, 15) is 8.78 Å². The molecule has 88 valence electrons. The highest BCUT2D eigenvalue weighted by atomic mass is 32.2. The molecule has 4 heteroatoms. The first-order valence-corrected chi connectivity index (χ1v) is 5.92. The zero-order valence-corrected chi connectivity index (χ0v) is 9.81. The molecule has 2 rings (SSSR count). The van der Waals surface area contributed by atoms with Gasteiger partial charge in [0.05, 0.1) is 4.90 Å². The van der Waals surface area contributed by atoms with Gasteiger partial charge in [-0.05, 0) is 35.9 Å². The smallest absolute Gasteiger partial charge is 0.137 e. The number of nitrogens with two attached hydrogens (primary N) is 1. The van der Waals surface area contributed by atoms with E-state index in [1.165, 1.54) is 17.8 Å². The maximum atomic E-state index is 13.4. The number of hydrogen-bond donors (Lipinski definition) is 1. The van der Waals surface area contributed by atoms with E-state index in [1.807, 2.05) is 24.3 Å². The van der Waals surface area contributed by atoms with Crippen LogP contribution >= 0.6 is 11.8 Å². The van der Waals surface area contributed by atoms with Crippen LogP contribution in [0.2, 0.25) is 0 Å². The largest absolute Gasteiger partial charge is 0.326 e. The van der Waals surface area contributed by atoms with Crippen LogP contribution in [0.3, 0.4) is 0 Å². The Labute approximate surface area is 103 Å². The van der Waals surface area contributed by atoms with Gasteiger partial charge in [0, 0.05) is 11.4 Å². The van der Waals surface area contributed by atoms with Gasteiger partial charge in [0.25, 0.3) is 0 Å². The molecule has 0 saturated carbocycles. The molecule has 0 aromatic heterocycles. The number of halogens is 2. The second-order valence-corrected chi connectivity index (χ2v) is 4.64. The Morgan fingerprint density at radius 2 is 1.71 bits per heavy atom. The third-order valence-corrected chi connectivity index (χ3v) is 3.32. The van der Waals surface area contributed by atoms with Crippen molar-refractivity contribution >= 4 is 11.8 Å². The van der Waals surface area contributed by atoms with Gasteiger partial charge >= 0.3 is 0 Å². The van der Waals surface area contributed by atoms with E-state index in [1.54, 1.807) is 0 Å². The maximum Gasteiger partial charge on any atom is 0.137 e. The van der Waals surface area contributed by atoms with Gasteiger partial charge in [0.15, 0.2) is 0 Å². The summed E-state index contributed by atoms with van der Waals surface area (Å²) in [6, 6.07) is 10.9. The Bertz CT molecular complexity index is 511. The van der Waals surface area contributed by atoms with Gasteiger partial charge in [-0.1, -0.05) is 23.9 Å². The summed E-state index contributed by atoms with van der Waals surface area (Å²) >= 11 is 1.19. The van der Waals surface area contributed by atoms with E-state index in [4.69, 9.17) is 5.73 Å². The minimum atomic E-state index is -0.438. The average molecular weight is 251 g/mol. The zero-order chi connectivity index (χ0) is 12.3. The molecular weight excluding hydrogens is 240 g/mol. The van der Waals surface area contributed by atoms with Gasteiger partial charge in [-0.25, -0.2) is 8.78 Å². The van der Waals surface area contributed by atoms with Crippen molar-refractivity contribution in [1.82, 2.24) is 0 Å². The molecule has 0 fully saturated rings. The summed E-state index contributed by atoms with van der Waals surface area (Å²) in [5.41, 5.74) is 6.49. The van der Waals surface area contributed by atoms with Gasteiger partial charge in [-0.15, -0.1) is 0 Å². The Morgan fingerprint density at radius 1 is 1.00 bits per heavy atom. The molecule has 2 aromatic rings. The van der Waals surface area contributed by atoms with Crippen molar-refractivity contribution in [2.75, 3.05) is 0 Å². The Morgan fingerprint density at radius 3 is 2.35 bits per heavy atom. The lowest BCUT2D eigenvalue weighted by molar-refractivity contribution is 0.577. The van der Waals surface area contributed by atoms with E-state index in [2.05, 4.69) is 0 Å². The lowest BCUT2D eigenvalue weighted by Gasteiger charge is -2.04. The molecule has 0 heterocycles. The molecule has 0 aliphatic carbocycles. The second kappa shape index (κ2) is 5.29. The van der Waals surface area contributed by atoms with Crippen molar-refractivity contribution in [2.24, 2.45) is 5.73 Å². The fraction of sp³-hybridized carbons (Fsp3) is 0.0769. The predicted octanol–water partition coefficient (Wildman–Crippen LogP) is 3.57. The van der Waals surface area contributed by atoms with Gasteiger partial charge in [0.2, 0.25) is 0 Å². The Hall–Kier alpha value is -1.39. The van der Waals surface area contributed by atoms with Crippen LogP contribution in [0.5, 0.6) is 0 Å². The lowest BCUT2D eigenvalue weighted by atomic mass is 10.2. The molecule has 0 spiro atoms. The minimum absolute atomic E-state index is 0.283. The summed E-state index contributed by atoms with van der Waals surface area (Å²) in [5.74, 6) is -0.855. The summed E-state index contributed by atoms with van der Waals surface area (Å²) in [6.07, 6.45) is 0. The highest BCUT2D eigenvalue weighted by Crippen LogP contribution is 2.30. The first-order chi connectivity index (χ1) is 8.19. The van der Waals surface area contributed by atoms with E-state index in [0.29, 0.717) is 6.54 Å². The molecule has 0 bridgehead atoms. The van der Waals surface area contributed by atoms with Crippen LogP contribution in [-0.2, 0) is 6.54 Å². The molecule has 17 heavy (non-hydrogen) atoms. The van der Waals surface area contributed by atoms with Crippen molar-refractivity contribution in [1.29, 1.82) is 0 Å². The van der Waals surface area contributed by atoms with Crippen LogP contribution in [0.1, 0.15) is 5.56 Å². The van der Waals surface area contributed by atoms with Gasteiger partial charge in [-0.2, -0.15) is 0 Å². The van der Waals surface area contributed by atoms with Crippen molar-refractivity contribution < 1.29 is 8.78 Å². The topological polar surface area (TPSA) is 26.0 Å².